The van der Waals surface area contributed by atoms with E-state index in [9.17, 15) is 13.2 Å². The van der Waals surface area contributed by atoms with E-state index in [0.717, 1.165) is 44.3 Å². The highest BCUT2D eigenvalue weighted by molar-refractivity contribution is 7.89. The van der Waals surface area contributed by atoms with E-state index in [1.807, 2.05) is 17.0 Å². The van der Waals surface area contributed by atoms with Gasteiger partial charge in [0.05, 0.1) is 4.90 Å². The molecule has 0 radical (unpaired) electrons. The van der Waals surface area contributed by atoms with Crippen LogP contribution in [-0.4, -0.2) is 50.7 Å². The first kappa shape index (κ1) is 17.9. The molecule has 0 aliphatic carbocycles. The van der Waals surface area contributed by atoms with Gasteiger partial charge in [-0.25, -0.2) is 12.7 Å². The molecule has 1 aromatic rings. The van der Waals surface area contributed by atoms with Gasteiger partial charge in [0.2, 0.25) is 15.9 Å². The zero-order valence-electron chi connectivity index (χ0n) is 14.2. The van der Waals surface area contributed by atoms with Crippen LogP contribution in [0, 0.1) is 5.92 Å². The van der Waals surface area contributed by atoms with Gasteiger partial charge >= 0.3 is 0 Å². The Bertz CT molecular complexity index is 630. The highest BCUT2D eigenvalue weighted by atomic mass is 32.2. The van der Waals surface area contributed by atoms with Gasteiger partial charge in [0, 0.05) is 34.1 Å². The fraction of sp³-hybridized carbons (Fsp3) is 0.588. The van der Waals surface area contributed by atoms with Crippen molar-refractivity contribution in [1.29, 1.82) is 0 Å². The van der Waals surface area contributed by atoms with Gasteiger partial charge in [-0.3, -0.25) is 4.79 Å². The Balaban J connectivity index is 1.87. The summed E-state index contributed by atoms with van der Waals surface area (Å²) in [5.74, 6) is 0.817. The molecule has 1 saturated heterocycles. The summed E-state index contributed by atoms with van der Waals surface area (Å²) in [6, 6.07) is 7.17. The second kappa shape index (κ2) is 7.45. The summed E-state index contributed by atoms with van der Waals surface area (Å²) in [6.45, 7) is 3.35. The average molecular weight is 338 g/mol. The van der Waals surface area contributed by atoms with E-state index < -0.39 is 10.0 Å². The highest BCUT2D eigenvalue weighted by Gasteiger charge is 2.20. The van der Waals surface area contributed by atoms with Crippen molar-refractivity contribution in [3.8, 4) is 0 Å². The molecule has 5 nitrogen and oxygen atoms in total. The Morgan fingerprint density at radius 1 is 1.17 bits per heavy atom. The van der Waals surface area contributed by atoms with Gasteiger partial charge in [0.15, 0.2) is 0 Å². The molecule has 0 bridgehead atoms. The first-order chi connectivity index (χ1) is 10.8. The molecule has 2 rings (SSSR count). The van der Waals surface area contributed by atoms with Crippen LogP contribution in [0.3, 0.4) is 0 Å². The number of piperidine rings is 1. The molecule has 0 spiro atoms. The molecule has 1 fully saturated rings. The minimum absolute atomic E-state index is 0.168. The molecular weight excluding hydrogens is 312 g/mol. The lowest BCUT2D eigenvalue weighted by Gasteiger charge is -2.31. The molecular formula is C17H26N2O3S. The minimum Gasteiger partial charge on any atom is -0.343 e. The van der Waals surface area contributed by atoms with Crippen molar-refractivity contribution in [3.63, 3.8) is 0 Å². The Kier molecular flexibility index (Phi) is 5.81. The maximum Gasteiger partial charge on any atom is 0.242 e. The first-order valence-corrected chi connectivity index (χ1v) is 9.51. The second-order valence-electron chi connectivity index (χ2n) is 6.42. The van der Waals surface area contributed by atoms with Crippen molar-refractivity contribution in [3.05, 3.63) is 29.8 Å². The van der Waals surface area contributed by atoms with Gasteiger partial charge in [-0.05, 0) is 49.3 Å². The largest absolute Gasteiger partial charge is 0.343 e. The van der Waals surface area contributed by atoms with Crippen LogP contribution in [0.4, 0.5) is 0 Å². The van der Waals surface area contributed by atoms with E-state index in [2.05, 4.69) is 0 Å². The van der Waals surface area contributed by atoms with E-state index in [4.69, 9.17) is 0 Å². The number of amides is 1. The standard InChI is InChI=1S/C17H26N2O3S/c1-14(20)19-12-10-16(11-13-19)5-4-15-6-8-17(9-7-15)23(21,22)18(2)3/h6-9,16H,4-5,10-13H2,1-3H3. The van der Waals surface area contributed by atoms with Crippen molar-refractivity contribution in [1.82, 2.24) is 9.21 Å². The maximum atomic E-state index is 12.0. The molecule has 1 heterocycles. The third-order valence-electron chi connectivity index (χ3n) is 4.60. The molecule has 0 atom stereocenters. The predicted octanol–water partition coefficient (Wildman–Crippen LogP) is 2.13. The summed E-state index contributed by atoms with van der Waals surface area (Å²) in [6.07, 6.45) is 4.16. The Morgan fingerprint density at radius 3 is 2.22 bits per heavy atom. The molecule has 128 valence electrons. The van der Waals surface area contributed by atoms with E-state index in [0.29, 0.717) is 10.8 Å². The molecule has 0 aromatic heterocycles. The lowest BCUT2D eigenvalue weighted by Crippen LogP contribution is -2.37. The molecule has 0 saturated carbocycles. The van der Waals surface area contributed by atoms with Crippen molar-refractivity contribution in [2.45, 2.75) is 37.5 Å². The average Bonchev–Trinajstić information content (AvgIpc) is 2.53. The fourth-order valence-corrected chi connectivity index (χ4v) is 3.85. The minimum atomic E-state index is -3.35. The topological polar surface area (TPSA) is 57.7 Å². The Morgan fingerprint density at radius 2 is 1.74 bits per heavy atom. The van der Waals surface area contributed by atoms with Crippen LogP contribution >= 0.6 is 0 Å². The first-order valence-electron chi connectivity index (χ1n) is 8.07. The van der Waals surface area contributed by atoms with Crippen LogP contribution in [-0.2, 0) is 21.2 Å². The monoisotopic (exact) mass is 338 g/mol. The highest BCUT2D eigenvalue weighted by Crippen LogP contribution is 2.23. The van der Waals surface area contributed by atoms with Crippen LogP contribution in [0.5, 0.6) is 0 Å². The molecule has 0 N–H and O–H groups in total. The third-order valence-corrected chi connectivity index (χ3v) is 6.43. The zero-order valence-corrected chi connectivity index (χ0v) is 15.0. The van der Waals surface area contributed by atoms with Gasteiger partial charge in [0.1, 0.15) is 0 Å². The number of rotatable bonds is 5. The number of carbonyl (C=O) groups excluding carboxylic acids is 1. The number of nitrogens with zero attached hydrogens (tertiary/aromatic N) is 2. The number of carbonyl (C=O) groups is 1. The van der Waals surface area contributed by atoms with Gasteiger partial charge in [-0.2, -0.15) is 0 Å². The van der Waals surface area contributed by atoms with E-state index in [-0.39, 0.29) is 5.91 Å². The second-order valence-corrected chi connectivity index (χ2v) is 8.57. The van der Waals surface area contributed by atoms with Crippen LogP contribution in [0.2, 0.25) is 0 Å². The number of likely N-dealkylation sites (tertiary alicyclic amines) is 1. The maximum absolute atomic E-state index is 12.0. The van der Waals surface area contributed by atoms with E-state index >= 15 is 0 Å². The summed E-state index contributed by atoms with van der Waals surface area (Å²) >= 11 is 0. The van der Waals surface area contributed by atoms with Gasteiger partial charge < -0.3 is 4.90 Å². The lowest BCUT2D eigenvalue weighted by atomic mass is 9.90. The molecule has 6 heteroatoms. The molecule has 0 unspecified atom stereocenters. The smallest absolute Gasteiger partial charge is 0.242 e. The predicted molar refractivity (Wildman–Crippen MR) is 90.6 cm³/mol. The van der Waals surface area contributed by atoms with Crippen LogP contribution < -0.4 is 0 Å². The van der Waals surface area contributed by atoms with Crippen molar-refractivity contribution in [2.24, 2.45) is 5.92 Å². The van der Waals surface area contributed by atoms with Crippen molar-refractivity contribution < 1.29 is 13.2 Å². The van der Waals surface area contributed by atoms with Gasteiger partial charge in [-0.1, -0.05) is 12.1 Å². The number of hydrogen-bond donors (Lipinski definition) is 0. The summed E-state index contributed by atoms with van der Waals surface area (Å²) in [5, 5.41) is 0. The SMILES string of the molecule is CC(=O)N1CCC(CCc2ccc(S(=O)(=O)N(C)C)cc2)CC1. The summed E-state index contributed by atoms with van der Waals surface area (Å²) in [5.41, 5.74) is 1.16. The van der Waals surface area contributed by atoms with Gasteiger partial charge in [0.25, 0.3) is 0 Å². The molecule has 1 amide bonds. The van der Waals surface area contributed by atoms with Crippen LogP contribution in [0.15, 0.2) is 29.2 Å². The number of aryl methyl sites for hydroxylation is 1. The number of benzene rings is 1. The van der Waals surface area contributed by atoms with E-state index in [1.165, 1.54) is 18.4 Å². The summed E-state index contributed by atoms with van der Waals surface area (Å²) < 4.78 is 25.3. The Hall–Kier alpha value is -1.40. The molecule has 1 aliphatic rings. The van der Waals surface area contributed by atoms with Crippen molar-refractivity contribution >= 4 is 15.9 Å². The van der Waals surface area contributed by atoms with Gasteiger partial charge in [-0.15, -0.1) is 0 Å². The lowest BCUT2D eigenvalue weighted by molar-refractivity contribution is -0.130. The molecule has 1 aliphatic heterocycles. The quantitative estimate of drug-likeness (QED) is 0.826. The molecule has 23 heavy (non-hydrogen) atoms. The van der Waals surface area contributed by atoms with Crippen molar-refractivity contribution in [2.75, 3.05) is 27.2 Å². The normalized spacial score (nSPS) is 16.8. The number of sulfonamides is 1. The third kappa shape index (κ3) is 4.54. The summed E-state index contributed by atoms with van der Waals surface area (Å²) in [4.78, 5) is 13.6. The molecule has 1 aromatic carbocycles. The Labute approximate surface area is 139 Å². The van der Waals surface area contributed by atoms with Crippen LogP contribution in [0.25, 0.3) is 0 Å². The van der Waals surface area contributed by atoms with Crippen LogP contribution in [0.1, 0.15) is 31.7 Å². The summed E-state index contributed by atoms with van der Waals surface area (Å²) in [7, 11) is -0.271. The zero-order chi connectivity index (χ0) is 17.0. The van der Waals surface area contributed by atoms with E-state index in [1.54, 1.807) is 19.1 Å². The number of hydrogen-bond acceptors (Lipinski definition) is 3. The fourth-order valence-electron chi connectivity index (χ4n) is 2.95.